The Bertz CT molecular complexity index is 578. The number of benzene rings is 1. The van der Waals surface area contributed by atoms with Gasteiger partial charge in [-0.25, -0.2) is 4.79 Å². The maximum Gasteiger partial charge on any atom is 0.315 e. The number of amides is 4. The van der Waals surface area contributed by atoms with Crippen molar-refractivity contribution in [1.29, 1.82) is 0 Å². The standard InChI is InChI=1S/C15H19N3O4/c1-15(2,9-19)17-14(22)16-7-8-18-12(20)10-5-3-4-6-11(10)13(18)21/h3-6,19H,7-9H2,1-2H3,(H2,16,17,22). The van der Waals surface area contributed by atoms with Crippen LogP contribution in [-0.4, -0.2) is 53.1 Å². The van der Waals surface area contributed by atoms with Crippen LogP contribution in [0.25, 0.3) is 0 Å². The van der Waals surface area contributed by atoms with Crippen LogP contribution < -0.4 is 10.6 Å². The van der Waals surface area contributed by atoms with Crippen LogP contribution in [0.1, 0.15) is 34.6 Å². The summed E-state index contributed by atoms with van der Waals surface area (Å²) in [6.45, 7) is 3.39. The van der Waals surface area contributed by atoms with Gasteiger partial charge in [0, 0.05) is 13.1 Å². The summed E-state index contributed by atoms with van der Waals surface area (Å²) >= 11 is 0. The molecule has 0 spiro atoms. The number of carbonyl (C=O) groups excluding carboxylic acids is 3. The molecule has 0 radical (unpaired) electrons. The highest BCUT2D eigenvalue weighted by molar-refractivity contribution is 6.21. The Kier molecular flexibility index (Phi) is 4.46. The van der Waals surface area contributed by atoms with Gasteiger partial charge in [0.25, 0.3) is 11.8 Å². The molecule has 0 aliphatic carbocycles. The fourth-order valence-corrected chi connectivity index (χ4v) is 2.11. The van der Waals surface area contributed by atoms with Crippen LogP contribution in [0, 0.1) is 0 Å². The molecule has 0 unspecified atom stereocenters. The van der Waals surface area contributed by atoms with Crippen LogP contribution in [0.2, 0.25) is 0 Å². The van der Waals surface area contributed by atoms with E-state index in [9.17, 15) is 14.4 Å². The van der Waals surface area contributed by atoms with E-state index < -0.39 is 11.6 Å². The zero-order chi connectivity index (χ0) is 16.3. The molecule has 0 fully saturated rings. The fraction of sp³-hybridized carbons (Fsp3) is 0.400. The molecule has 0 saturated heterocycles. The number of nitrogens with one attached hydrogen (secondary N) is 2. The lowest BCUT2D eigenvalue weighted by molar-refractivity contribution is 0.0655. The van der Waals surface area contributed by atoms with Gasteiger partial charge in [0.05, 0.1) is 23.3 Å². The second-order valence-corrected chi connectivity index (χ2v) is 5.73. The average Bonchev–Trinajstić information content (AvgIpc) is 2.72. The molecule has 3 N–H and O–H groups in total. The maximum atomic E-state index is 12.1. The predicted octanol–water partition coefficient (Wildman–Crippen LogP) is 0.353. The number of aliphatic hydroxyl groups excluding tert-OH is 1. The molecule has 1 aromatic carbocycles. The van der Waals surface area contributed by atoms with E-state index in [0.717, 1.165) is 4.90 Å². The number of hydrogen-bond acceptors (Lipinski definition) is 4. The van der Waals surface area contributed by atoms with Gasteiger partial charge in [0.15, 0.2) is 0 Å². The molecule has 7 heteroatoms. The van der Waals surface area contributed by atoms with Crippen molar-refractivity contribution in [1.82, 2.24) is 15.5 Å². The highest BCUT2D eigenvalue weighted by atomic mass is 16.3. The molecule has 0 saturated carbocycles. The summed E-state index contributed by atoms with van der Waals surface area (Å²) in [6, 6.07) is 6.17. The monoisotopic (exact) mass is 305 g/mol. The van der Waals surface area contributed by atoms with Gasteiger partial charge in [-0.2, -0.15) is 0 Å². The molecule has 0 bridgehead atoms. The zero-order valence-electron chi connectivity index (χ0n) is 12.5. The molecule has 7 nitrogen and oxygen atoms in total. The fourth-order valence-electron chi connectivity index (χ4n) is 2.11. The molecule has 4 amide bonds. The molecule has 118 valence electrons. The van der Waals surface area contributed by atoms with E-state index in [-0.39, 0.29) is 31.5 Å². The minimum absolute atomic E-state index is 0.0965. The van der Waals surface area contributed by atoms with Gasteiger partial charge in [-0.3, -0.25) is 14.5 Å². The number of carbonyl (C=O) groups is 3. The maximum absolute atomic E-state index is 12.1. The van der Waals surface area contributed by atoms with E-state index in [1.54, 1.807) is 38.1 Å². The highest BCUT2D eigenvalue weighted by Crippen LogP contribution is 2.21. The summed E-state index contributed by atoms with van der Waals surface area (Å²) in [7, 11) is 0. The molecule has 0 atom stereocenters. The summed E-state index contributed by atoms with van der Waals surface area (Å²) in [6.07, 6.45) is 0. The van der Waals surface area contributed by atoms with Gasteiger partial charge < -0.3 is 15.7 Å². The number of imide groups is 1. The number of nitrogens with zero attached hydrogens (tertiary/aromatic N) is 1. The van der Waals surface area contributed by atoms with Gasteiger partial charge in [0.1, 0.15) is 0 Å². The first kappa shape index (κ1) is 16.0. The largest absolute Gasteiger partial charge is 0.394 e. The van der Waals surface area contributed by atoms with Crippen LogP contribution in [0.4, 0.5) is 4.79 Å². The molecule has 2 rings (SSSR count). The van der Waals surface area contributed by atoms with Crippen molar-refractivity contribution in [3.63, 3.8) is 0 Å². The Hall–Kier alpha value is -2.41. The van der Waals surface area contributed by atoms with Gasteiger partial charge in [-0.05, 0) is 26.0 Å². The molecular formula is C15H19N3O4. The quantitative estimate of drug-likeness (QED) is 0.684. The van der Waals surface area contributed by atoms with Crippen molar-refractivity contribution in [2.75, 3.05) is 19.7 Å². The summed E-state index contributed by atoms with van der Waals surface area (Å²) in [4.78, 5) is 37.0. The van der Waals surface area contributed by atoms with E-state index in [0.29, 0.717) is 11.1 Å². The first-order chi connectivity index (χ1) is 10.4. The van der Waals surface area contributed by atoms with E-state index in [2.05, 4.69) is 10.6 Å². The Balaban J connectivity index is 1.88. The van der Waals surface area contributed by atoms with Gasteiger partial charge in [-0.1, -0.05) is 12.1 Å². The van der Waals surface area contributed by atoms with Crippen molar-refractivity contribution in [3.05, 3.63) is 35.4 Å². The minimum atomic E-state index is -0.737. The Labute approximate surface area is 128 Å². The Morgan fingerprint density at radius 1 is 1.18 bits per heavy atom. The molecule has 1 aromatic rings. The zero-order valence-corrected chi connectivity index (χ0v) is 12.5. The van der Waals surface area contributed by atoms with E-state index in [4.69, 9.17) is 5.11 Å². The molecular weight excluding hydrogens is 286 g/mol. The summed E-state index contributed by atoms with van der Waals surface area (Å²) in [5.41, 5.74) is 0.0382. The summed E-state index contributed by atoms with van der Waals surface area (Å²) < 4.78 is 0. The van der Waals surface area contributed by atoms with Crippen molar-refractivity contribution in [3.8, 4) is 0 Å². The molecule has 22 heavy (non-hydrogen) atoms. The molecule has 1 heterocycles. The van der Waals surface area contributed by atoms with Gasteiger partial charge in [-0.15, -0.1) is 0 Å². The van der Waals surface area contributed by atoms with Crippen LogP contribution in [0.15, 0.2) is 24.3 Å². The van der Waals surface area contributed by atoms with Crippen LogP contribution in [-0.2, 0) is 0 Å². The highest BCUT2D eigenvalue weighted by Gasteiger charge is 2.34. The first-order valence-electron chi connectivity index (χ1n) is 6.98. The number of rotatable bonds is 5. The molecule has 1 aliphatic rings. The van der Waals surface area contributed by atoms with Crippen molar-refractivity contribution >= 4 is 17.8 Å². The number of aliphatic hydroxyl groups is 1. The van der Waals surface area contributed by atoms with Crippen LogP contribution in [0.3, 0.4) is 0 Å². The average molecular weight is 305 g/mol. The third kappa shape index (κ3) is 3.25. The van der Waals surface area contributed by atoms with E-state index in [1.807, 2.05) is 0 Å². The topological polar surface area (TPSA) is 98.7 Å². The summed E-state index contributed by atoms with van der Waals surface area (Å²) in [5, 5.41) is 14.2. The summed E-state index contributed by atoms with van der Waals surface area (Å²) in [5.74, 6) is -0.697. The third-order valence-corrected chi connectivity index (χ3v) is 3.35. The molecule has 1 aliphatic heterocycles. The van der Waals surface area contributed by atoms with Crippen molar-refractivity contribution in [2.45, 2.75) is 19.4 Å². The lowest BCUT2D eigenvalue weighted by Crippen LogP contribution is -2.51. The lowest BCUT2D eigenvalue weighted by Gasteiger charge is -2.24. The van der Waals surface area contributed by atoms with Gasteiger partial charge in [0.2, 0.25) is 0 Å². The van der Waals surface area contributed by atoms with Gasteiger partial charge >= 0.3 is 6.03 Å². The second kappa shape index (κ2) is 6.15. The van der Waals surface area contributed by atoms with Crippen molar-refractivity contribution in [2.24, 2.45) is 0 Å². The SMILES string of the molecule is CC(C)(CO)NC(=O)NCCN1C(=O)c2ccccc2C1=O. The Morgan fingerprint density at radius 3 is 2.23 bits per heavy atom. The van der Waals surface area contributed by atoms with E-state index >= 15 is 0 Å². The smallest absolute Gasteiger partial charge is 0.315 e. The minimum Gasteiger partial charge on any atom is -0.394 e. The van der Waals surface area contributed by atoms with Crippen molar-refractivity contribution < 1.29 is 19.5 Å². The van der Waals surface area contributed by atoms with Crippen LogP contribution in [0.5, 0.6) is 0 Å². The second-order valence-electron chi connectivity index (χ2n) is 5.73. The number of hydrogen-bond donors (Lipinski definition) is 3. The van der Waals surface area contributed by atoms with E-state index in [1.165, 1.54) is 0 Å². The van der Waals surface area contributed by atoms with Crippen LogP contribution >= 0.6 is 0 Å². The number of fused-ring (bicyclic) bond motifs is 1. The first-order valence-corrected chi connectivity index (χ1v) is 6.98. The normalized spacial score (nSPS) is 14.0. The number of urea groups is 1. The lowest BCUT2D eigenvalue weighted by atomic mass is 10.1. The predicted molar refractivity (Wildman–Crippen MR) is 79.5 cm³/mol. The molecule has 0 aromatic heterocycles. The third-order valence-electron chi connectivity index (χ3n) is 3.35. The Morgan fingerprint density at radius 2 is 1.73 bits per heavy atom.